The number of carbonyl (C=O) groups excluding carboxylic acids is 1. The fourth-order valence-corrected chi connectivity index (χ4v) is 2.96. The van der Waals surface area contributed by atoms with Crippen molar-refractivity contribution in [2.45, 2.75) is 31.1 Å². The van der Waals surface area contributed by atoms with E-state index in [1.54, 1.807) is 18.7 Å². The van der Waals surface area contributed by atoms with Crippen LogP contribution in [-0.2, 0) is 11.2 Å². The topological polar surface area (TPSA) is 20.3 Å². The van der Waals surface area contributed by atoms with Gasteiger partial charge in [-0.1, -0.05) is 12.1 Å². The highest BCUT2D eigenvalue weighted by molar-refractivity contribution is 7.98. The molecule has 1 saturated heterocycles. The van der Waals surface area contributed by atoms with Gasteiger partial charge >= 0.3 is 0 Å². The summed E-state index contributed by atoms with van der Waals surface area (Å²) in [4.78, 5) is 14.5. The van der Waals surface area contributed by atoms with Gasteiger partial charge in [-0.2, -0.15) is 0 Å². The number of amides is 1. The van der Waals surface area contributed by atoms with Crippen LogP contribution in [0.5, 0.6) is 0 Å². The lowest BCUT2D eigenvalue weighted by molar-refractivity contribution is -0.130. The minimum Gasteiger partial charge on any atom is -0.343 e. The van der Waals surface area contributed by atoms with E-state index in [-0.39, 0.29) is 5.91 Å². The number of likely N-dealkylation sites (tertiary alicyclic amines) is 1. The number of hydrogen-bond donors (Lipinski definition) is 0. The second kappa shape index (κ2) is 6.28. The Kier molecular flexibility index (Phi) is 4.70. The van der Waals surface area contributed by atoms with Crippen LogP contribution < -0.4 is 0 Å². The van der Waals surface area contributed by atoms with Crippen molar-refractivity contribution >= 4 is 17.7 Å². The summed E-state index contributed by atoms with van der Waals surface area (Å²) in [6.07, 6.45) is 5.54. The van der Waals surface area contributed by atoms with Gasteiger partial charge in [0.2, 0.25) is 5.91 Å². The summed E-state index contributed by atoms with van der Waals surface area (Å²) in [6, 6.07) is 8.88. The Balaban J connectivity index is 1.85. The summed E-state index contributed by atoms with van der Waals surface area (Å²) >= 11 is 1.78. The Morgan fingerprint density at radius 3 is 2.39 bits per heavy atom. The molecule has 18 heavy (non-hydrogen) atoms. The summed E-state index contributed by atoms with van der Waals surface area (Å²) in [6.45, 7) is 3.53. The standard InChI is InChI=1S/C15H21NOS/c1-12(17)16-9-7-14(8-10-16)11-13-3-5-15(18-2)6-4-13/h3-6,14H,7-11H2,1-2H3. The average Bonchev–Trinajstić information content (AvgIpc) is 2.40. The Morgan fingerprint density at radius 2 is 1.89 bits per heavy atom. The first-order chi connectivity index (χ1) is 8.69. The summed E-state index contributed by atoms with van der Waals surface area (Å²) in [5, 5.41) is 0. The Bertz CT molecular complexity index is 393. The van der Waals surface area contributed by atoms with Gasteiger partial charge < -0.3 is 4.90 Å². The maximum atomic E-state index is 11.3. The zero-order valence-electron chi connectivity index (χ0n) is 11.2. The van der Waals surface area contributed by atoms with Gasteiger partial charge in [0, 0.05) is 24.9 Å². The van der Waals surface area contributed by atoms with Crippen molar-refractivity contribution < 1.29 is 4.79 Å². The average molecular weight is 263 g/mol. The molecule has 1 aromatic rings. The number of hydrogen-bond acceptors (Lipinski definition) is 2. The van der Waals surface area contributed by atoms with Gasteiger partial charge in [0.1, 0.15) is 0 Å². The van der Waals surface area contributed by atoms with Gasteiger partial charge in [0.25, 0.3) is 0 Å². The minimum atomic E-state index is 0.220. The van der Waals surface area contributed by atoms with E-state index in [1.165, 1.54) is 10.5 Å². The number of benzene rings is 1. The van der Waals surface area contributed by atoms with E-state index in [4.69, 9.17) is 0 Å². The third-order valence-corrected chi connectivity index (χ3v) is 4.49. The van der Waals surface area contributed by atoms with Crippen molar-refractivity contribution in [3.63, 3.8) is 0 Å². The first-order valence-corrected chi connectivity index (χ1v) is 7.80. The van der Waals surface area contributed by atoms with Gasteiger partial charge in [-0.3, -0.25) is 4.79 Å². The molecule has 2 rings (SSSR count). The molecule has 98 valence electrons. The zero-order chi connectivity index (χ0) is 13.0. The first kappa shape index (κ1) is 13.5. The molecule has 1 aromatic carbocycles. The predicted molar refractivity (Wildman–Crippen MR) is 76.9 cm³/mol. The molecule has 1 fully saturated rings. The van der Waals surface area contributed by atoms with Crippen molar-refractivity contribution in [2.24, 2.45) is 5.92 Å². The maximum absolute atomic E-state index is 11.3. The smallest absolute Gasteiger partial charge is 0.219 e. The molecule has 0 radical (unpaired) electrons. The van der Waals surface area contributed by atoms with E-state index >= 15 is 0 Å². The van der Waals surface area contributed by atoms with Crippen molar-refractivity contribution in [3.05, 3.63) is 29.8 Å². The molecule has 0 aromatic heterocycles. The number of nitrogens with zero attached hydrogens (tertiary/aromatic N) is 1. The third-order valence-electron chi connectivity index (χ3n) is 3.74. The largest absolute Gasteiger partial charge is 0.343 e. The molecule has 0 N–H and O–H groups in total. The van der Waals surface area contributed by atoms with Crippen LogP contribution in [0.1, 0.15) is 25.3 Å². The number of piperidine rings is 1. The van der Waals surface area contributed by atoms with Crippen molar-refractivity contribution in [1.82, 2.24) is 4.90 Å². The van der Waals surface area contributed by atoms with Crippen molar-refractivity contribution in [1.29, 1.82) is 0 Å². The van der Waals surface area contributed by atoms with E-state index < -0.39 is 0 Å². The summed E-state index contributed by atoms with van der Waals surface area (Å²) in [7, 11) is 0. The number of rotatable bonds is 3. The fourth-order valence-electron chi connectivity index (χ4n) is 2.55. The Labute approximate surface area is 114 Å². The monoisotopic (exact) mass is 263 g/mol. The fraction of sp³-hybridized carbons (Fsp3) is 0.533. The molecule has 3 heteroatoms. The Hall–Kier alpha value is -0.960. The molecular weight excluding hydrogens is 242 g/mol. The molecule has 0 bridgehead atoms. The van der Waals surface area contributed by atoms with Crippen LogP contribution >= 0.6 is 11.8 Å². The Morgan fingerprint density at radius 1 is 1.28 bits per heavy atom. The molecule has 0 saturated carbocycles. The van der Waals surface area contributed by atoms with Crippen molar-refractivity contribution in [3.8, 4) is 0 Å². The molecule has 1 aliphatic rings. The summed E-state index contributed by atoms with van der Waals surface area (Å²) in [5.41, 5.74) is 1.43. The highest BCUT2D eigenvalue weighted by atomic mass is 32.2. The van der Waals surface area contributed by atoms with Gasteiger partial charge in [-0.25, -0.2) is 0 Å². The van der Waals surface area contributed by atoms with Crippen LogP contribution in [0.2, 0.25) is 0 Å². The maximum Gasteiger partial charge on any atom is 0.219 e. The number of carbonyl (C=O) groups is 1. The van der Waals surface area contributed by atoms with E-state index in [9.17, 15) is 4.79 Å². The number of thioether (sulfide) groups is 1. The van der Waals surface area contributed by atoms with Gasteiger partial charge in [0.15, 0.2) is 0 Å². The van der Waals surface area contributed by atoms with E-state index in [1.807, 2.05) is 4.90 Å². The van der Waals surface area contributed by atoms with Crippen LogP contribution in [0.15, 0.2) is 29.2 Å². The lowest BCUT2D eigenvalue weighted by atomic mass is 9.90. The lowest BCUT2D eigenvalue weighted by Crippen LogP contribution is -2.37. The highest BCUT2D eigenvalue weighted by Crippen LogP contribution is 2.23. The molecule has 0 unspecified atom stereocenters. The molecule has 0 atom stereocenters. The molecule has 0 spiro atoms. The van der Waals surface area contributed by atoms with Gasteiger partial charge in [-0.15, -0.1) is 11.8 Å². The molecule has 0 aliphatic carbocycles. The SMILES string of the molecule is CSc1ccc(CC2CCN(C(C)=O)CC2)cc1. The molecule has 1 aliphatic heterocycles. The second-order valence-electron chi connectivity index (χ2n) is 5.00. The third kappa shape index (κ3) is 3.52. The molecule has 2 nitrogen and oxygen atoms in total. The van der Waals surface area contributed by atoms with Crippen LogP contribution in [0, 0.1) is 5.92 Å². The normalized spacial score (nSPS) is 16.9. The van der Waals surface area contributed by atoms with Gasteiger partial charge in [-0.05, 0) is 49.1 Å². The predicted octanol–water partition coefficient (Wildman–Crippen LogP) is 3.21. The molecule has 1 heterocycles. The minimum absolute atomic E-state index is 0.220. The molecule has 1 amide bonds. The van der Waals surface area contributed by atoms with Crippen molar-refractivity contribution in [2.75, 3.05) is 19.3 Å². The second-order valence-corrected chi connectivity index (χ2v) is 5.88. The van der Waals surface area contributed by atoms with Crippen LogP contribution in [0.3, 0.4) is 0 Å². The lowest BCUT2D eigenvalue weighted by Gasteiger charge is -2.31. The van der Waals surface area contributed by atoms with E-state index in [2.05, 4.69) is 30.5 Å². The van der Waals surface area contributed by atoms with Crippen LogP contribution in [0.25, 0.3) is 0 Å². The quantitative estimate of drug-likeness (QED) is 0.781. The highest BCUT2D eigenvalue weighted by Gasteiger charge is 2.20. The first-order valence-electron chi connectivity index (χ1n) is 6.57. The molecular formula is C15H21NOS. The van der Waals surface area contributed by atoms with E-state index in [0.29, 0.717) is 0 Å². The van der Waals surface area contributed by atoms with Crippen LogP contribution in [0.4, 0.5) is 0 Å². The zero-order valence-corrected chi connectivity index (χ0v) is 12.0. The van der Waals surface area contributed by atoms with E-state index in [0.717, 1.165) is 38.3 Å². The summed E-state index contributed by atoms with van der Waals surface area (Å²) in [5.74, 6) is 0.957. The van der Waals surface area contributed by atoms with Crippen LogP contribution in [-0.4, -0.2) is 30.2 Å². The van der Waals surface area contributed by atoms with Gasteiger partial charge in [0.05, 0.1) is 0 Å². The summed E-state index contributed by atoms with van der Waals surface area (Å²) < 4.78 is 0.